The van der Waals surface area contributed by atoms with E-state index in [1.165, 1.54) is 5.56 Å². The third kappa shape index (κ3) is 6.26. The van der Waals surface area contributed by atoms with Gasteiger partial charge >= 0.3 is 0 Å². The molecule has 0 aliphatic heterocycles. The normalized spacial score (nSPS) is 18.5. The van der Waals surface area contributed by atoms with Crippen molar-refractivity contribution in [2.75, 3.05) is 18.5 Å². The molecule has 0 unspecified atom stereocenters. The maximum Gasteiger partial charge on any atom is 0.258 e. The molecule has 2 N–H and O–H groups in total. The predicted octanol–water partition coefficient (Wildman–Crippen LogP) is 6.13. The minimum atomic E-state index is -0.343. The van der Waals surface area contributed by atoms with Crippen LogP contribution in [-0.4, -0.2) is 41.4 Å². The summed E-state index contributed by atoms with van der Waals surface area (Å²) in [5.74, 6) is 1.10. The van der Waals surface area contributed by atoms with Gasteiger partial charge in [-0.2, -0.15) is 5.26 Å². The summed E-state index contributed by atoms with van der Waals surface area (Å²) in [6.07, 6.45) is 6.71. The van der Waals surface area contributed by atoms with E-state index < -0.39 is 0 Å². The van der Waals surface area contributed by atoms with Gasteiger partial charge in [0.2, 0.25) is 18.0 Å². The van der Waals surface area contributed by atoms with Gasteiger partial charge in [0.25, 0.3) is 5.91 Å². The maximum atomic E-state index is 14.3. The van der Waals surface area contributed by atoms with E-state index in [2.05, 4.69) is 22.1 Å². The van der Waals surface area contributed by atoms with E-state index >= 15 is 0 Å². The minimum Gasteiger partial charge on any atom is -0.437 e. The van der Waals surface area contributed by atoms with Crippen molar-refractivity contribution in [3.05, 3.63) is 120 Å². The smallest absolute Gasteiger partial charge is 0.258 e. The molecule has 1 fully saturated rings. The third-order valence-electron chi connectivity index (χ3n) is 8.10. The Morgan fingerprint density at radius 1 is 0.976 bits per heavy atom. The molecular weight excluding hydrogens is 524 g/mol. The molecule has 0 spiro atoms. The molecule has 8 heteroatoms. The monoisotopic (exact) mass is 558 g/mol. The van der Waals surface area contributed by atoms with Crippen LogP contribution < -0.4 is 15.4 Å². The Bertz CT molecular complexity index is 1550. The first kappa shape index (κ1) is 28.4. The van der Waals surface area contributed by atoms with Crippen molar-refractivity contribution >= 4 is 17.6 Å². The van der Waals surface area contributed by atoms with Gasteiger partial charge in [-0.15, -0.1) is 4.99 Å². The van der Waals surface area contributed by atoms with Crippen LogP contribution in [-0.2, 0) is 5.41 Å². The number of carbonyl (C=O) groups excluding carboxylic acids is 1. The zero-order valence-electron chi connectivity index (χ0n) is 23.6. The largest absolute Gasteiger partial charge is 0.437 e. The molecule has 1 amide bonds. The van der Waals surface area contributed by atoms with Crippen LogP contribution in [0.5, 0.6) is 11.6 Å². The van der Waals surface area contributed by atoms with Crippen LogP contribution >= 0.6 is 0 Å². The van der Waals surface area contributed by atoms with Crippen molar-refractivity contribution in [1.82, 2.24) is 9.88 Å². The highest BCUT2D eigenvalue weighted by Gasteiger charge is 2.41. The van der Waals surface area contributed by atoms with E-state index in [1.807, 2.05) is 108 Å². The van der Waals surface area contributed by atoms with Crippen LogP contribution in [0.2, 0.25) is 0 Å². The fourth-order valence-corrected chi connectivity index (χ4v) is 5.76. The molecule has 1 aliphatic carbocycles. The number of anilines is 1. The maximum absolute atomic E-state index is 14.3. The molecule has 3 aromatic carbocycles. The standard InChI is InChI=1S/C34H34N6O2/c1-39(33(36)38-25-35)28-19-21-34(22-20-28,27-14-7-3-8-15-27)24-40(32(41)26-12-5-2-6-13-26)30-18-11-23-37-31(30)42-29-16-9-4-10-17-29/h2-18,23,28H,19-22,24H2,1H3,(H2,36,38)/t28-,34-. The molecule has 1 saturated carbocycles. The number of carbonyl (C=O) groups is 1. The summed E-state index contributed by atoms with van der Waals surface area (Å²) in [5, 5.41) is 8.99. The number of aliphatic imine (C=N–C) groups is 1. The molecule has 1 aromatic heterocycles. The average Bonchev–Trinajstić information content (AvgIpc) is 3.05. The lowest BCUT2D eigenvalue weighted by atomic mass is 9.67. The zero-order valence-corrected chi connectivity index (χ0v) is 23.6. The Labute approximate surface area is 246 Å². The molecule has 0 atom stereocenters. The quantitative estimate of drug-likeness (QED) is 0.158. The first-order valence-corrected chi connectivity index (χ1v) is 14.1. The number of amides is 1. The lowest BCUT2D eigenvalue weighted by molar-refractivity contribution is 0.0971. The first-order valence-electron chi connectivity index (χ1n) is 14.1. The number of ether oxygens (including phenoxy) is 1. The number of guanidine groups is 1. The third-order valence-corrected chi connectivity index (χ3v) is 8.10. The van der Waals surface area contributed by atoms with Gasteiger partial charge in [0.05, 0.1) is 0 Å². The molecule has 0 bridgehead atoms. The van der Waals surface area contributed by atoms with E-state index in [9.17, 15) is 4.79 Å². The number of aromatic nitrogens is 1. The average molecular weight is 559 g/mol. The number of pyridine rings is 1. The van der Waals surface area contributed by atoms with Gasteiger partial charge < -0.3 is 20.3 Å². The molecule has 212 valence electrons. The molecule has 4 aromatic rings. The molecule has 8 nitrogen and oxygen atoms in total. The number of benzene rings is 3. The summed E-state index contributed by atoms with van der Waals surface area (Å²) in [6, 6.07) is 33.0. The SMILES string of the molecule is CN(C(N)=NC#N)[C@H]1CC[C@](CN(C(=O)c2ccccc2)c2cccnc2Oc2ccccc2)(c2ccccc2)CC1. The van der Waals surface area contributed by atoms with Gasteiger partial charge in [-0.1, -0.05) is 66.7 Å². The fraction of sp³-hybridized carbons (Fsp3) is 0.235. The number of nitrogens with zero attached hydrogens (tertiary/aromatic N) is 5. The fourth-order valence-electron chi connectivity index (χ4n) is 5.76. The van der Waals surface area contributed by atoms with Gasteiger partial charge in [0, 0.05) is 36.8 Å². The molecule has 5 rings (SSSR count). The number of nitrogens with two attached hydrogens (primary N) is 1. The second-order valence-corrected chi connectivity index (χ2v) is 10.6. The van der Waals surface area contributed by atoms with Crippen molar-refractivity contribution in [3.63, 3.8) is 0 Å². The number of rotatable bonds is 8. The number of nitriles is 1. The lowest BCUT2D eigenvalue weighted by Gasteiger charge is -2.45. The molecule has 42 heavy (non-hydrogen) atoms. The summed E-state index contributed by atoms with van der Waals surface area (Å²) in [7, 11) is 1.88. The van der Waals surface area contributed by atoms with Crippen LogP contribution in [0.25, 0.3) is 0 Å². The summed E-state index contributed by atoms with van der Waals surface area (Å²) in [4.78, 5) is 26.3. The number of hydrogen-bond acceptors (Lipinski definition) is 5. The van der Waals surface area contributed by atoms with Crippen molar-refractivity contribution in [2.45, 2.75) is 37.1 Å². The van der Waals surface area contributed by atoms with E-state index in [-0.39, 0.29) is 23.3 Å². The molecule has 0 radical (unpaired) electrons. The second kappa shape index (κ2) is 13.0. The van der Waals surface area contributed by atoms with Crippen molar-refractivity contribution in [3.8, 4) is 17.8 Å². The topological polar surface area (TPSA) is 108 Å². The summed E-state index contributed by atoms with van der Waals surface area (Å²) in [5.41, 5.74) is 8.08. The van der Waals surface area contributed by atoms with E-state index in [0.29, 0.717) is 29.4 Å². The van der Waals surface area contributed by atoms with Crippen LogP contribution in [0.3, 0.4) is 0 Å². The highest BCUT2D eigenvalue weighted by molar-refractivity contribution is 6.06. The highest BCUT2D eigenvalue weighted by Crippen LogP contribution is 2.43. The van der Waals surface area contributed by atoms with Crippen molar-refractivity contribution in [1.29, 1.82) is 5.26 Å². The van der Waals surface area contributed by atoms with E-state index in [1.54, 1.807) is 12.4 Å². The Kier molecular flexibility index (Phi) is 8.78. The zero-order chi connectivity index (χ0) is 29.4. The van der Waals surface area contributed by atoms with Crippen LogP contribution in [0.1, 0.15) is 41.6 Å². The summed E-state index contributed by atoms with van der Waals surface area (Å²) >= 11 is 0. The Balaban J connectivity index is 1.55. The van der Waals surface area contributed by atoms with Gasteiger partial charge in [-0.3, -0.25) is 4.79 Å². The van der Waals surface area contributed by atoms with Crippen LogP contribution in [0.15, 0.2) is 114 Å². The molecule has 1 aliphatic rings. The van der Waals surface area contributed by atoms with Gasteiger partial charge in [-0.25, -0.2) is 4.98 Å². The summed E-state index contributed by atoms with van der Waals surface area (Å²) in [6.45, 7) is 0.430. The highest BCUT2D eigenvalue weighted by atomic mass is 16.5. The molecular formula is C34H34N6O2. The van der Waals surface area contributed by atoms with Gasteiger partial charge in [0.15, 0.2) is 0 Å². The Morgan fingerprint density at radius 2 is 1.60 bits per heavy atom. The Morgan fingerprint density at radius 3 is 2.24 bits per heavy atom. The molecule has 0 saturated heterocycles. The lowest BCUT2D eigenvalue weighted by Crippen LogP contribution is -2.50. The van der Waals surface area contributed by atoms with E-state index in [0.717, 1.165) is 25.7 Å². The summed E-state index contributed by atoms with van der Waals surface area (Å²) < 4.78 is 6.24. The number of hydrogen-bond donors (Lipinski definition) is 1. The van der Waals surface area contributed by atoms with Crippen molar-refractivity contribution < 1.29 is 9.53 Å². The predicted molar refractivity (Wildman–Crippen MR) is 164 cm³/mol. The second-order valence-electron chi connectivity index (χ2n) is 10.6. The van der Waals surface area contributed by atoms with Gasteiger partial charge in [0.1, 0.15) is 11.4 Å². The van der Waals surface area contributed by atoms with Crippen LogP contribution in [0.4, 0.5) is 5.69 Å². The minimum absolute atomic E-state index is 0.124. The number of para-hydroxylation sites is 1. The Hall–Kier alpha value is -5.16. The molecule has 1 heterocycles. The van der Waals surface area contributed by atoms with Crippen molar-refractivity contribution in [2.24, 2.45) is 10.7 Å². The van der Waals surface area contributed by atoms with Gasteiger partial charge in [-0.05, 0) is 67.6 Å². The first-order chi connectivity index (χ1) is 20.5. The van der Waals surface area contributed by atoms with Crippen LogP contribution in [0, 0.1) is 11.5 Å². The van der Waals surface area contributed by atoms with E-state index in [4.69, 9.17) is 15.7 Å².